The van der Waals surface area contributed by atoms with Gasteiger partial charge in [0, 0.05) is 12.6 Å². The van der Waals surface area contributed by atoms with Crippen LogP contribution in [0, 0.1) is 5.92 Å². The van der Waals surface area contributed by atoms with E-state index in [9.17, 15) is 9.59 Å². The van der Waals surface area contributed by atoms with Gasteiger partial charge >= 0.3 is 11.9 Å². The van der Waals surface area contributed by atoms with Crippen molar-refractivity contribution in [1.82, 2.24) is 4.98 Å². The zero-order chi connectivity index (χ0) is 14.0. The molecule has 1 aromatic rings. The molecular weight excluding hydrogens is 252 g/mol. The Kier molecular flexibility index (Phi) is 3.73. The van der Waals surface area contributed by atoms with Gasteiger partial charge in [0.25, 0.3) is 6.01 Å². The van der Waals surface area contributed by atoms with Gasteiger partial charge in [-0.25, -0.2) is 4.79 Å². The van der Waals surface area contributed by atoms with Crippen LogP contribution in [0.3, 0.4) is 0 Å². The van der Waals surface area contributed by atoms with Crippen molar-refractivity contribution in [2.45, 2.75) is 26.3 Å². The standard InChI is InChI=1S/C12H16N2O5/c1-3-18-11(17)9-6-19-12(13-9)14-5-4-8(7(14)2)10(15)16/h6-8H,3-5H2,1-2H3,(H,15,16). The van der Waals surface area contributed by atoms with Crippen molar-refractivity contribution in [3.8, 4) is 0 Å². The fraction of sp³-hybridized carbons (Fsp3) is 0.583. The highest BCUT2D eigenvalue weighted by Crippen LogP contribution is 2.29. The van der Waals surface area contributed by atoms with Gasteiger partial charge in [-0.15, -0.1) is 0 Å². The number of aromatic nitrogens is 1. The molecule has 2 atom stereocenters. The van der Waals surface area contributed by atoms with Crippen LogP contribution in [0.25, 0.3) is 0 Å². The first-order valence-corrected chi connectivity index (χ1v) is 6.16. The van der Waals surface area contributed by atoms with Crippen LogP contribution >= 0.6 is 0 Å². The molecule has 2 unspecified atom stereocenters. The Balaban J connectivity index is 2.11. The van der Waals surface area contributed by atoms with Gasteiger partial charge in [-0.1, -0.05) is 0 Å². The number of oxazole rings is 1. The Bertz CT molecular complexity index is 484. The minimum Gasteiger partial charge on any atom is -0.481 e. The SMILES string of the molecule is CCOC(=O)c1coc(N2CCC(C(=O)O)C2C)n1. The molecule has 0 radical (unpaired) electrons. The number of hydrogen-bond donors (Lipinski definition) is 1. The summed E-state index contributed by atoms with van der Waals surface area (Å²) in [4.78, 5) is 28.3. The molecule has 0 amide bonds. The van der Waals surface area contributed by atoms with E-state index in [1.165, 1.54) is 6.26 Å². The minimum atomic E-state index is -0.827. The topological polar surface area (TPSA) is 92.9 Å². The molecule has 0 saturated carbocycles. The van der Waals surface area contributed by atoms with Gasteiger partial charge in [-0.05, 0) is 20.3 Å². The van der Waals surface area contributed by atoms with E-state index < -0.39 is 17.9 Å². The van der Waals surface area contributed by atoms with Crippen LogP contribution in [-0.4, -0.2) is 41.2 Å². The second-order valence-electron chi connectivity index (χ2n) is 4.40. The average Bonchev–Trinajstić information content (AvgIpc) is 2.95. The number of carboxylic acid groups (broad SMARTS) is 1. The van der Waals surface area contributed by atoms with Gasteiger partial charge in [0.15, 0.2) is 5.69 Å². The second-order valence-corrected chi connectivity index (χ2v) is 4.40. The largest absolute Gasteiger partial charge is 0.481 e. The number of esters is 1. The summed E-state index contributed by atoms with van der Waals surface area (Å²) in [6.07, 6.45) is 1.77. The number of carbonyl (C=O) groups excluding carboxylic acids is 1. The van der Waals surface area contributed by atoms with E-state index in [-0.39, 0.29) is 24.4 Å². The fourth-order valence-electron chi connectivity index (χ4n) is 2.23. The third-order valence-corrected chi connectivity index (χ3v) is 3.29. The zero-order valence-electron chi connectivity index (χ0n) is 10.8. The van der Waals surface area contributed by atoms with Crippen molar-refractivity contribution in [2.75, 3.05) is 18.1 Å². The third-order valence-electron chi connectivity index (χ3n) is 3.29. The van der Waals surface area contributed by atoms with Crippen LogP contribution in [0.15, 0.2) is 10.7 Å². The molecule has 7 nitrogen and oxygen atoms in total. The van der Waals surface area contributed by atoms with Crippen molar-refractivity contribution < 1.29 is 23.8 Å². The Morgan fingerprint density at radius 2 is 2.37 bits per heavy atom. The summed E-state index contributed by atoms with van der Waals surface area (Å²) >= 11 is 0. The summed E-state index contributed by atoms with van der Waals surface area (Å²) in [5.41, 5.74) is 0.0998. The molecule has 2 rings (SSSR count). The van der Waals surface area contributed by atoms with Gasteiger partial charge in [-0.2, -0.15) is 4.98 Å². The van der Waals surface area contributed by atoms with E-state index in [0.29, 0.717) is 13.0 Å². The highest BCUT2D eigenvalue weighted by Gasteiger charge is 2.37. The maximum atomic E-state index is 11.5. The summed E-state index contributed by atoms with van der Waals surface area (Å²) in [6, 6.07) is 0.0468. The quantitative estimate of drug-likeness (QED) is 0.818. The Morgan fingerprint density at radius 1 is 1.63 bits per heavy atom. The van der Waals surface area contributed by atoms with Crippen molar-refractivity contribution in [3.63, 3.8) is 0 Å². The van der Waals surface area contributed by atoms with Crippen LogP contribution in [0.5, 0.6) is 0 Å². The molecule has 104 valence electrons. The van der Waals surface area contributed by atoms with Crippen molar-refractivity contribution in [1.29, 1.82) is 0 Å². The summed E-state index contributed by atoms with van der Waals surface area (Å²) in [5, 5.41) is 9.06. The number of carbonyl (C=O) groups is 2. The lowest BCUT2D eigenvalue weighted by molar-refractivity contribution is -0.141. The number of hydrogen-bond acceptors (Lipinski definition) is 6. The van der Waals surface area contributed by atoms with Crippen LogP contribution in [0.2, 0.25) is 0 Å². The summed E-state index contributed by atoms with van der Waals surface area (Å²) in [6.45, 7) is 4.32. The first-order chi connectivity index (χ1) is 9.04. The normalized spacial score (nSPS) is 22.5. The molecular formula is C12H16N2O5. The molecule has 1 fully saturated rings. The van der Waals surface area contributed by atoms with Gasteiger partial charge in [-0.3, -0.25) is 4.79 Å². The molecule has 0 spiro atoms. The third kappa shape index (κ3) is 2.54. The number of carboxylic acids is 1. The summed E-state index contributed by atoms with van der Waals surface area (Å²) in [7, 11) is 0. The predicted molar refractivity (Wildman–Crippen MR) is 65.0 cm³/mol. The lowest BCUT2D eigenvalue weighted by atomic mass is 10.0. The van der Waals surface area contributed by atoms with Crippen molar-refractivity contribution >= 4 is 18.0 Å². The van der Waals surface area contributed by atoms with E-state index in [1.54, 1.807) is 18.7 Å². The van der Waals surface area contributed by atoms with Crippen LogP contribution in [0.4, 0.5) is 6.01 Å². The van der Waals surface area contributed by atoms with Crippen molar-refractivity contribution in [3.05, 3.63) is 12.0 Å². The molecule has 0 aromatic carbocycles. The maximum Gasteiger partial charge on any atom is 0.360 e. The summed E-state index contributed by atoms with van der Waals surface area (Å²) in [5.74, 6) is -1.82. The average molecular weight is 268 g/mol. The fourth-order valence-corrected chi connectivity index (χ4v) is 2.23. The predicted octanol–water partition coefficient (Wildman–Crippen LogP) is 1.15. The molecule has 0 bridgehead atoms. The van der Waals surface area contributed by atoms with Gasteiger partial charge in [0.2, 0.25) is 0 Å². The number of ether oxygens (including phenoxy) is 1. The number of nitrogens with zero attached hydrogens (tertiary/aromatic N) is 2. The van der Waals surface area contributed by atoms with E-state index in [4.69, 9.17) is 14.3 Å². The molecule has 0 aliphatic carbocycles. The molecule has 1 aromatic heterocycles. The molecule has 1 N–H and O–H groups in total. The number of rotatable bonds is 4. The van der Waals surface area contributed by atoms with Gasteiger partial charge < -0.3 is 19.2 Å². The minimum absolute atomic E-state index is 0.0998. The van der Waals surface area contributed by atoms with Crippen LogP contribution < -0.4 is 4.90 Å². The lowest BCUT2D eigenvalue weighted by Crippen LogP contribution is -2.33. The number of anilines is 1. The Morgan fingerprint density at radius 3 is 2.95 bits per heavy atom. The van der Waals surface area contributed by atoms with Gasteiger partial charge in [0.1, 0.15) is 6.26 Å². The van der Waals surface area contributed by atoms with E-state index in [2.05, 4.69) is 4.98 Å². The first-order valence-electron chi connectivity index (χ1n) is 6.16. The zero-order valence-corrected chi connectivity index (χ0v) is 10.8. The highest BCUT2D eigenvalue weighted by molar-refractivity contribution is 5.87. The maximum absolute atomic E-state index is 11.5. The molecule has 19 heavy (non-hydrogen) atoms. The van der Waals surface area contributed by atoms with E-state index >= 15 is 0 Å². The molecule has 2 heterocycles. The van der Waals surface area contributed by atoms with Gasteiger partial charge in [0.05, 0.1) is 12.5 Å². The molecule has 7 heteroatoms. The molecule has 1 aliphatic rings. The Labute approximate surface area is 110 Å². The number of aliphatic carboxylic acids is 1. The van der Waals surface area contributed by atoms with Crippen LogP contribution in [0.1, 0.15) is 30.8 Å². The van der Waals surface area contributed by atoms with E-state index in [1.807, 2.05) is 0 Å². The van der Waals surface area contributed by atoms with Crippen molar-refractivity contribution in [2.24, 2.45) is 5.92 Å². The molecule has 1 aliphatic heterocycles. The molecule has 1 saturated heterocycles. The van der Waals surface area contributed by atoms with E-state index in [0.717, 1.165) is 0 Å². The first kappa shape index (κ1) is 13.4. The lowest BCUT2D eigenvalue weighted by Gasteiger charge is -2.20. The Hall–Kier alpha value is -2.05. The van der Waals surface area contributed by atoms with Crippen LogP contribution in [-0.2, 0) is 9.53 Å². The summed E-state index contributed by atoms with van der Waals surface area (Å²) < 4.78 is 10.1. The monoisotopic (exact) mass is 268 g/mol. The highest BCUT2D eigenvalue weighted by atomic mass is 16.5. The smallest absolute Gasteiger partial charge is 0.360 e. The second kappa shape index (κ2) is 5.29.